The molecule has 0 bridgehead atoms. The number of furan rings is 1. The number of benzene rings is 1. The summed E-state index contributed by atoms with van der Waals surface area (Å²) in [5.41, 5.74) is 1.07. The van der Waals surface area contributed by atoms with Crippen LogP contribution in [0.15, 0.2) is 64.4 Å². The summed E-state index contributed by atoms with van der Waals surface area (Å²) in [6.45, 7) is 0. The highest BCUT2D eigenvalue weighted by Crippen LogP contribution is 2.42. The Morgan fingerprint density at radius 3 is 2.68 bits per heavy atom. The average molecular weight is 437 g/mol. The van der Waals surface area contributed by atoms with Crippen molar-refractivity contribution in [3.8, 4) is 0 Å². The fourth-order valence-electron chi connectivity index (χ4n) is 4.68. The molecule has 31 heavy (non-hydrogen) atoms. The summed E-state index contributed by atoms with van der Waals surface area (Å²) in [5, 5.41) is 12.0. The van der Waals surface area contributed by atoms with Gasteiger partial charge in [-0.3, -0.25) is 14.6 Å². The molecule has 1 fully saturated rings. The number of aromatic nitrogens is 1. The van der Waals surface area contributed by atoms with Crippen molar-refractivity contribution >= 4 is 34.3 Å². The molecule has 1 atom stereocenters. The molecule has 1 aromatic carbocycles. The van der Waals surface area contributed by atoms with Gasteiger partial charge < -0.3 is 14.4 Å². The minimum Gasteiger partial charge on any atom is -0.503 e. The minimum absolute atomic E-state index is 0.0134. The second-order valence-corrected chi connectivity index (χ2v) is 8.48. The molecular formula is C24H21ClN2O4. The summed E-state index contributed by atoms with van der Waals surface area (Å²) < 4.78 is 5.74. The van der Waals surface area contributed by atoms with Gasteiger partial charge in [-0.15, -0.1) is 0 Å². The number of fused-ring (bicyclic) bond motifs is 1. The van der Waals surface area contributed by atoms with Gasteiger partial charge in [-0.05, 0) is 49.2 Å². The summed E-state index contributed by atoms with van der Waals surface area (Å²) in [6, 6.07) is 11.2. The van der Waals surface area contributed by atoms with Crippen LogP contribution in [0.1, 0.15) is 54.4 Å². The van der Waals surface area contributed by atoms with Crippen LogP contribution in [0, 0.1) is 0 Å². The second kappa shape index (κ2) is 7.85. The van der Waals surface area contributed by atoms with Gasteiger partial charge in [-0.1, -0.05) is 36.9 Å². The predicted octanol–water partition coefficient (Wildman–Crippen LogP) is 5.39. The van der Waals surface area contributed by atoms with E-state index < -0.39 is 23.5 Å². The molecule has 0 radical (unpaired) electrons. The van der Waals surface area contributed by atoms with Gasteiger partial charge in [0.05, 0.1) is 11.3 Å². The van der Waals surface area contributed by atoms with Crippen LogP contribution < -0.4 is 0 Å². The summed E-state index contributed by atoms with van der Waals surface area (Å²) >= 11 is 6.05. The van der Waals surface area contributed by atoms with Crippen LogP contribution in [0.4, 0.5) is 0 Å². The zero-order chi connectivity index (χ0) is 21.5. The number of carbonyl (C=O) groups is 2. The third kappa shape index (κ3) is 3.41. The number of halogens is 1. The number of nitrogens with zero attached hydrogens (tertiary/aromatic N) is 2. The molecule has 1 N–H and O–H groups in total. The minimum atomic E-state index is -0.749. The molecule has 3 aromatic rings. The maximum atomic E-state index is 13.5. The van der Waals surface area contributed by atoms with Crippen molar-refractivity contribution in [3.05, 3.63) is 76.5 Å². The highest BCUT2D eigenvalue weighted by atomic mass is 35.5. The van der Waals surface area contributed by atoms with Crippen LogP contribution in [0.25, 0.3) is 11.0 Å². The summed E-state index contributed by atoms with van der Waals surface area (Å²) in [6.07, 6.45) is 6.45. The number of carbonyl (C=O) groups excluding carboxylic acids is 2. The Labute approximate surface area is 184 Å². The largest absolute Gasteiger partial charge is 0.503 e. The number of rotatable bonds is 4. The van der Waals surface area contributed by atoms with Crippen LogP contribution >= 0.6 is 11.6 Å². The molecule has 1 saturated carbocycles. The summed E-state index contributed by atoms with van der Waals surface area (Å²) in [7, 11) is 0. The van der Waals surface area contributed by atoms with Gasteiger partial charge in [0, 0.05) is 22.6 Å². The summed E-state index contributed by atoms with van der Waals surface area (Å²) in [5.74, 6) is -1.51. The van der Waals surface area contributed by atoms with Crippen LogP contribution in [-0.2, 0) is 4.79 Å². The number of Topliss-reactive ketones (excluding diaryl/α,β-unsaturated/α-hetero) is 1. The number of aliphatic hydroxyl groups is 1. The smallest absolute Gasteiger partial charge is 0.290 e. The highest BCUT2D eigenvalue weighted by Gasteiger charge is 2.47. The molecule has 1 aliphatic heterocycles. The van der Waals surface area contributed by atoms with E-state index in [2.05, 4.69) is 4.98 Å². The molecule has 2 aromatic heterocycles. The molecular weight excluding hydrogens is 416 g/mol. The van der Waals surface area contributed by atoms with Crippen molar-refractivity contribution in [2.24, 2.45) is 0 Å². The van der Waals surface area contributed by atoms with E-state index in [0.717, 1.165) is 32.1 Å². The third-order valence-corrected chi connectivity index (χ3v) is 6.36. The molecule has 158 valence electrons. The number of hydrogen-bond acceptors (Lipinski definition) is 5. The van der Waals surface area contributed by atoms with Crippen LogP contribution in [0.5, 0.6) is 0 Å². The standard InChI is InChI=1S/C24H21ClN2O4/c25-15-9-10-18-14(12-15)13-19(31-18)22(28)20-21(17-8-4-5-11-26-17)27(24(30)23(20)29)16-6-2-1-3-7-16/h4-5,8-13,16,21,29H,1-3,6-7H2. The number of aliphatic hydroxyl groups excluding tert-OH is 1. The van der Waals surface area contributed by atoms with Crippen molar-refractivity contribution in [1.29, 1.82) is 0 Å². The van der Waals surface area contributed by atoms with Crippen LogP contribution in [-0.4, -0.2) is 32.7 Å². The van der Waals surface area contributed by atoms with Gasteiger partial charge in [0.25, 0.3) is 5.91 Å². The lowest BCUT2D eigenvalue weighted by molar-refractivity contribution is -0.132. The van der Waals surface area contributed by atoms with Crippen molar-refractivity contribution in [1.82, 2.24) is 9.88 Å². The number of pyridine rings is 1. The van der Waals surface area contributed by atoms with Crippen LogP contribution in [0.3, 0.4) is 0 Å². The lowest BCUT2D eigenvalue weighted by Crippen LogP contribution is -2.41. The topological polar surface area (TPSA) is 83.6 Å². The first-order valence-corrected chi connectivity index (χ1v) is 10.8. The maximum Gasteiger partial charge on any atom is 0.290 e. The van der Waals surface area contributed by atoms with Crippen molar-refractivity contribution in [2.45, 2.75) is 44.2 Å². The maximum absolute atomic E-state index is 13.5. The third-order valence-electron chi connectivity index (χ3n) is 6.13. The van der Waals surface area contributed by atoms with Gasteiger partial charge in [-0.2, -0.15) is 0 Å². The van der Waals surface area contributed by atoms with Crippen LogP contribution in [0.2, 0.25) is 5.02 Å². The Hall–Kier alpha value is -3.12. The lowest BCUT2D eigenvalue weighted by atomic mass is 9.91. The van der Waals surface area contributed by atoms with E-state index in [9.17, 15) is 14.7 Å². The fourth-order valence-corrected chi connectivity index (χ4v) is 4.86. The molecule has 5 rings (SSSR count). The van der Waals surface area contributed by atoms with Gasteiger partial charge in [0.15, 0.2) is 11.5 Å². The first-order chi connectivity index (χ1) is 15.0. The monoisotopic (exact) mass is 436 g/mol. The zero-order valence-electron chi connectivity index (χ0n) is 16.8. The van der Waals surface area contributed by atoms with Gasteiger partial charge in [0.2, 0.25) is 5.78 Å². The quantitative estimate of drug-likeness (QED) is 0.554. The van der Waals surface area contributed by atoms with Gasteiger partial charge in [-0.25, -0.2) is 0 Å². The van der Waals surface area contributed by atoms with E-state index in [1.165, 1.54) is 0 Å². The summed E-state index contributed by atoms with van der Waals surface area (Å²) in [4.78, 5) is 32.7. The van der Waals surface area contributed by atoms with E-state index in [1.54, 1.807) is 47.5 Å². The molecule has 1 unspecified atom stereocenters. The zero-order valence-corrected chi connectivity index (χ0v) is 17.5. The van der Waals surface area contributed by atoms with Crippen molar-refractivity contribution < 1.29 is 19.1 Å². The number of ketones is 1. The van der Waals surface area contributed by atoms with E-state index in [4.69, 9.17) is 16.0 Å². The normalized spacial score (nSPS) is 20.1. The Morgan fingerprint density at radius 1 is 1.13 bits per heavy atom. The fraction of sp³-hybridized carbons (Fsp3) is 0.292. The van der Waals surface area contributed by atoms with E-state index >= 15 is 0 Å². The van der Waals surface area contributed by atoms with Crippen molar-refractivity contribution in [3.63, 3.8) is 0 Å². The number of hydrogen-bond donors (Lipinski definition) is 1. The Kier molecular flexibility index (Phi) is 5.02. The Bertz CT molecular complexity index is 1190. The Morgan fingerprint density at radius 2 is 1.94 bits per heavy atom. The van der Waals surface area contributed by atoms with Gasteiger partial charge in [0.1, 0.15) is 11.6 Å². The van der Waals surface area contributed by atoms with E-state index in [1.807, 2.05) is 6.07 Å². The molecule has 1 aliphatic carbocycles. The lowest BCUT2D eigenvalue weighted by Gasteiger charge is -2.36. The molecule has 0 spiro atoms. The molecule has 1 amide bonds. The second-order valence-electron chi connectivity index (χ2n) is 8.05. The molecule has 3 heterocycles. The first-order valence-electron chi connectivity index (χ1n) is 10.4. The average Bonchev–Trinajstić information content (AvgIpc) is 3.33. The number of amides is 1. The molecule has 0 saturated heterocycles. The van der Waals surface area contributed by atoms with E-state index in [0.29, 0.717) is 21.7 Å². The highest BCUT2D eigenvalue weighted by molar-refractivity contribution is 6.31. The predicted molar refractivity (Wildman–Crippen MR) is 116 cm³/mol. The van der Waals surface area contributed by atoms with Gasteiger partial charge >= 0.3 is 0 Å². The first kappa shape index (κ1) is 19.8. The molecule has 2 aliphatic rings. The SMILES string of the molecule is O=C(C1=C(O)C(=O)N(C2CCCCC2)C1c1ccccn1)c1cc2cc(Cl)ccc2o1. The molecule has 6 nitrogen and oxygen atoms in total. The molecule has 7 heteroatoms. The van der Waals surface area contributed by atoms with E-state index in [-0.39, 0.29) is 17.4 Å². The Balaban J connectivity index is 1.60. The van der Waals surface area contributed by atoms with Crippen molar-refractivity contribution in [2.75, 3.05) is 0 Å².